The number of pyridine rings is 1. The van der Waals surface area contributed by atoms with Crippen molar-refractivity contribution in [3.05, 3.63) is 77.7 Å². The van der Waals surface area contributed by atoms with Crippen LogP contribution in [0.2, 0.25) is 0 Å². The minimum absolute atomic E-state index is 0.0862. The molecule has 0 spiro atoms. The van der Waals surface area contributed by atoms with Crippen molar-refractivity contribution >= 4 is 33.2 Å². The number of nitriles is 1. The van der Waals surface area contributed by atoms with E-state index < -0.39 is 33.8 Å². The zero-order valence-electron chi connectivity index (χ0n) is 17.4. The normalized spacial score (nSPS) is 17.3. The van der Waals surface area contributed by atoms with Crippen molar-refractivity contribution in [2.24, 2.45) is 0 Å². The highest BCUT2D eigenvalue weighted by atomic mass is 32.2. The number of nitrogens with zero attached hydrogens (tertiary/aromatic N) is 3. The fourth-order valence-electron chi connectivity index (χ4n) is 4.02. The number of sulfonamides is 1. The Morgan fingerprint density at radius 3 is 2.70 bits per heavy atom. The number of hydrogen-bond acceptors (Lipinski definition) is 6. The fourth-order valence-corrected chi connectivity index (χ4v) is 5.68. The Morgan fingerprint density at radius 1 is 1.24 bits per heavy atom. The molecule has 0 saturated carbocycles. The summed E-state index contributed by atoms with van der Waals surface area (Å²) in [4.78, 5) is 15.4. The topological polar surface area (TPSA) is 123 Å². The lowest BCUT2D eigenvalue weighted by Gasteiger charge is -2.26. The number of benzene rings is 2. The minimum atomic E-state index is -4.10. The second-order valence-electron chi connectivity index (χ2n) is 7.65. The highest BCUT2D eigenvalue weighted by Crippen LogP contribution is 2.45. The van der Waals surface area contributed by atoms with Crippen LogP contribution in [0.4, 0.5) is 21.6 Å². The molecule has 2 atom stereocenters. The maximum Gasteiger partial charge on any atom is 0.304 e. The van der Waals surface area contributed by atoms with E-state index in [4.69, 9.17) is 5.26 Å². The molecule has 0 fully saturated rings. The summed E-state index contributed by atoms with van der Waals surface area (Å²) < 4.78 is 41.9. The van der Waals surface area contributed by atoms with Gasteiger partial charge in [-0.05, 0) is 61.0 Å². The van der Waals surface area contributed by atoms with Gasteiger partial charge in [0.25, 0.3) is 10.0 Å². The Morgan fingerprint density at radius 2 is 2.03 bits per heavy atom. The molecular formula is C23H19FN4O4S. The second-order valence-corrected chi connectivity index (χ2v) is 9.46. The van der Waals surface area contributed by atoms with Crippen LogP contribution in [0, 0.1) is 17.1 Å². The molecule has 33 heavy (non-hydrogen) atoms. The van der Waals surface area contributed by atoms with Crippen LogP contribution < -0.4 is 9.62 Å². The Hall–Kier alpha value is -3.97. The molecule has 2 aromatic carbocycles. The van der Waals surface area contributed by atoms with Gasteiger partial charge in [-0.3, -0.25) is 9.10 Å². The number of anilines is 3. The standard InChI is InChI=1S/C23H19FN4O4S/c1-14-19(11-23(29)30)20-10-16(24)5-7-21(20)28(14)33(31,32)18-6-8-22(26-13-18)27-17-4-2-3-15(9-17)12-25/h2-10,13-14,19H,11H2,1H3,(H,26,27)(H,29,30). The minimum Gasteiger partial charge on any atom is -0.481 e. The monoisotopic (exact) mass is 466 g/mol. The van der Waals surface area contributed by atoms with Crippen molar-refractivity contribution in [3.63, 3.8) is 0 Å². The zero-order chi connectivity index (χ0) is 23.8. The van der Waals surface area contributed by atoms with E-state index in [9.17, 15) is 22.7 Å². The molecule has 0 saturated heterocycles. The van der Waals surface area contributed by atoms with E-state index in [0.29, 0.717) is 22.6 Å². The van der Waals surface area contributed by atoms with Gasteiger partial charge >= 0.3 is 5.97 Å². The van der Waals surface area contributed by atoms with E-state index in [-0.39, 0.29) is 17.0 Å². The van der Waals surface area contributed by atoms with Gasteiger partial charge in [-0.1, -0.05) is 6.07 Å². The molecule has 4 rings (SSSR count). The molecule has 0 bridgehead atoms. The summed E-state index contributed by atoms with van der Waals surface area (Å²) in [6.07, 6.45) is 0.874. The summed E-state index contributed by atoms with van der Waals surface area (Å²) in [5.41, 5.74) is 1.69. The van der Waals surface area contributed by atoms with Crippen molar-refractivity contribution in [1.82, 2.24) is 4.98 Å². The zero-order valence-corrected chi connectivity index (χ0v) is 18.3. The molecule has 2 heterocycles. The van der Waals surface area contributed by atoms with Crippen LogP contribution in [0.15, 0.2) is 65.7 Å². The first-order chi connectivity index (χ1) is 15.7. The summed E-state index contributed by atoms with van der Waals surface area (Å²) >= 11 is 0. The summed E-state index contributed by atoms with van der Waals surface area (Å²) in [5.74, 6) is -1.97. The third-order valence-electron chi connectivity index (χ3n) is 5.53. The molecule has 1 aliphatic heterocycles. The van der Waals surface area contributed by atoms with E-state index in [1.807, 2.05) is 6.07 Å². The predicted molar refractivity (Wildman–Crippen MR) is 119 cm³/mol. The SMILES string of the molecule is CC1C(CC(=O)O)c2cc(F)ccc2N1S(=O)(=O)c1ccc(Nc2cccc(C#N)c2)nc1. The fraction of sp³-hybridized carbons (Fsp3) is 0.174. The van der Waals surface area contributed by atoms with E-state index in [1.165, 1.54) is 30.5 Å². The van der Waals surface area contributed by atoms with Crippen LogP contribution in [0.3, 0.4) is 0 Å². The average molecular weight is 466 g/mol. The molecular weight excluding hydrogens is 447 g/mol. The number of nitrogens with one attached hydrogen (secondary N) is 1. The van der Waals surface area contributed by atoms with E-state index in [1.54, 1.807) is 31.2 Å². The molecule has 8 nitrogen and oxygen atoms in total. The molecule has 0 amide bonds. The highest BCUT2D eigenvalue weighted by Gasteiger charge is 2.43. The van der Waals surface area contributed by atoms with Gasteiger partial charge in [0.2, 0.25) is 0 Å². The van der Waals surface area contributed by atoms with Gasteiger partial charge in [-0.2, -0.15) is 5.26 Å². The van der Waals surface area contributed by atoms with Crippen molar-refractivity contribution < 1.29 is 22.7 Å². The summed E-state index contributed by atoms with van der Waals surface area (Å²) in [7, 11) is -4.10. The first kappa shape index (κ1) is 22.2. The third kappa shape index (κ3) is 4.23. The second kappa shape index (κ2) is 8.52. The maximum atomic E-state index is 13.9. The first-order valence-corrected chi connectivity index (χ1v) is 11.4. The molecule has 0 radical (unpaired) electrons. The molecule has 3 aromatic rings. The smallest absolute Gasteiger partial charge is 0.304 e. The first-order valence-electron chi connectivity index (χ1n) is 9.99. The van der Waals surface area contributed by atoms with Crippen molar-refractivity contribution in [3.8, 4) is 6.07 Å². The number of halogens is 1. The van der Waals surface area contributed by atoms with Gasteiger partial charge in [0, 0.05) is 17.8 Å². The van der Waals surface area contributed by atoms with Crippen LogP contribution in [0.25, 0.3) is 0 Å². The van der Waals surface area contributed by atoms with E-state index in [0.717, 1.165) is 10.4 Å². The van der Waals surface area contributed by atoms with Crippen LogP contribution in [-0.4, -0.2) is 30.5 Å². The number of hydrogen-bond donors (Lipinski definition) is 2. The van der Waals surface area contributed by atoms with Gasteiger partial charge in [0.1, 0.15) is 16.5 Å². The van der Waals surface area contributed by atoms with E-state index in [2.05, 4.69) is 10.3 Å². The van der Waals surface area contributed by atoms with Crippen LogP contribution in [0.5, 0.6) is 0 Å². The molecule has 1 aromatic heterocycles. The van der Waals surface area contributed by atoms with Crippen LogP contribution in [-0.2, 0) is 14.8 Å². The average Bonchev–Trinajstić information content (AvgIpc) is 3.05. The lowest BCUT2D eigenvalue weighted by atomic mass is 9.93. The Bertz CT molecular complexity index is 1370. The van der Waals surface area contributed by atoms with Gasteiger partial charge in [-0.15, -0.1) is 0 Å². The number of rotatable bonds is 6. The summed E-state index contributed by atoms with van der Waals surface area (Å²) in [6.45, 7) is 1.61. The maximum absolute atomic E-state index is 13.9. The Labute approximate surface area is 190 Å². The molecule has 2 N–H and O–H groups in total. The molecule has 1 aliphatic rings. The Kier molecular flexibility index (Phi) is 5.74. The van der Waals surface area contributed by atoms with Crippen LogP contribution >= 0.6 is 0 Å². The van der Waals surface area contributed by atoms with Crippen LogP contribution in [0.1, 0.15) is 30.4 Å². The van der Waals surface area contributed by atoms with Crippen molar-refractivity contribution in [2.75, 3.05) is 9.62 Å². The summed E-state index contributed by atoms with van der Waals surface area (Å²) in [5, 5.41) is 21.3. The Balaban J connectivity index is 1.65. The van der Waals surface area contributed by atoms with Crippen molar-refractivity contribution in [1.29, 1.82) is 5.26 Å². The number of aromatic nitrogens is 1. The predicted octanol–water partition coefficient (Wildman–Crippen LogP) is 3.99. The van der Waals surface area contributed by atoms with Gasteiger partial charge in [0.05, 0.1) is 29.8 Å². The molecule has 168 valence electrons. The number of fused-ring (bicyclic) bond motifs is 1. The number of carboxylic acids is 1. The molecule has 2 unspecified atom stereocenters. The number of carboxylic acid groups (broad SMARTS) is 1. The van der Waals surface area contributed by atoms with Gasteiger partial charge < -0.3 is 10.4 Å². The van der Waals surface area contributed by atoms with Crippen molar-refractivity contribution in [2.45, 2.75) is 30.2 Å². The largest absolute Gasteiger partial charge is 0.481 e. The summed E-state index contributed by atoms with van der Waals surface area (Å²) in [6, 6.07) is 14.6. The number of carbonyl (C=O) groups is 1. The van der Waals surface area contributed by atoms with E-state index >= 15 is 0 Å². The number of aliphatic carboxylic acids is 1. The highest BCUT2D eigenvalue weighted by molar-refractivity contribution is 7.92. The third-order valence-corrected chi connectivity index (χ3v) is 7.41. The molecule has 10 heteroatoms. The van der Waals surface area contributed by atoms with Gasteiger partial charge in [0.15, 0.2) is 0 Å². The van der Waals surface area contributed by atoms with Gasteiger partial charge in [-0.25, -0.2) is 17.8 Å². The molecule has 0 aliphatic carbocycles. The quantitative estimate of drug-likeness (QED) is 0.563. The lowest BCUT2D eigenvalue weighted by Crippen LogP contribution is -2.37. The lowest BCUT2D eigenvalue weighted by molar-refractivity contribution is -0.137.